The van der Waals surface area contributed by atoms with Gasteiger partial charge in [-0.1, -0.05) is 26.0 Å². The summed E-state index contributed by atoms with van der Waals surface area (Å²) < 4.78 is 9.16. The van der Waals surface area contributed by atoms with Crippen LogP contribution >= 0.6 is 0 Å². The Morgan fingerprint density at radius 3 is 2.94 bits per heavy atom. The third-order valence-electron chi connectivity index (χ3n) is 5.31. The lowest BCUT2D eigenvalue weighted by Gasteiger charge is -2.24. The van der Waals surface area contributed by atoms with Gasteiger partial charge in [-0.25, -0.2) is 0 Å². The van der Waals surface area contributed by atoms with E-state index in [2.05, 4.69) is 34.5 Å². The van der Waals surface area contributed by atoms with Crippen molar-refractivity contribution in [2.24, 2.45) is 5.92 Å². The number of aromatic nitrogens is 6. The maximum Gasteiger partial charge on any atom is 0.226 e. The smallest absolute Gasteiger partial charge is 0.226 e. The van der Waals surface area contributed by atoms with Gasteiger partial charge in [-0.3, -0.25) is 4.79 Å². The molecule has 0 radical (unpaired) electrons. The summed E-state index contributed by atoms with van der Waals surface area (Å²) in [5.74, 6) is 2.30. The van der Waals surface area contributed by atoms with Crippen molar-refractivity contribution in [3.8, 4) is 11.6 Å². The number of ether oxygens (including phenoxy) is 1. The van der Waals surface area contributed by atoms with Crippen molar-refractivity contribution >= 4 is 17.4 Å². The minimum Gasteiger partial charge on any atom is -0.493 e. The Morgan fingerprint density at radius 2 is 2.10 bits per heavy atom. The second-order valence-corrected chi connectivity index (χ2v) is 8.17. The first-order valence-electron chi connectivity index (χ1n) is 10.3. The van der Waals surface area contributed by atoms with Crippen LogP contribution in [0.5, 0.6) is 5.75 Å². The normalized spacial score (nSPS) is 15.9. The van der Waals surface area contributed by atoms with E-state index in [0.29, 0.717) is 36.2 Å². The largest absolute Gasteiger partial charge is 0.493 e. The first-order valence-corrected chi connectivity index (χ1v) is 10.3. The predicted octanol–water partition coefficient (Wildman–Crippen LogP) is 3.13. The highest BCUT2D eigenvalue weighted by Gasteiger charge is 2.33. The van der Waals surface area contributed by atoms with E-state index < -0.39 is 0 Å². The zero-order chi connectivity index (χ0) is 21.5. The van der Waals surface area contributed by atoms with E-state index in [-0.39, 0.29) is 11.8 Å². The van der Waals surface area contributed by atoms with Crippen LogP contribution in [0.2, 0.25) is 0 Å². The molecule has 1 aliphatic rings. The van der Waals surface area contributed by atoms with Crippen LogP contribution in [0, 0.1) is 12.8 Å². The minimum atomic E-state index is -0.112. The maximum atomic E-state index is 12.6. The number of hydrogen-bond donors (Lipinski definition) is 1. The molecular weight excluding hydrogens is 394 g/mol. The summed E-state index contributed by atoms with van der Waals surface area (Å²) in [4.78, 5) is 12.6. The van der Waals surface area contributed by atoms with E-state index in [1.807, 2.05) is 43.3 Å². The Kier molecular flexibility index (Phi) is 4.65. The summed E-state index contributed by atoms with van der Waals surface area (Å²) in [7, 11) is 0. The monoisotopic (exact) mass is 417 g/mol. The standard InChI is InChI=1S/C22H23N7O2/c1-13(2)11-31-16-6-4-5-15(9-16)17-10-20(30)24-22-21(17)14(3)26-29(22)19-8-7-18-25-23-12-28(18)27-19/h4-9,12-13,17H,10-11H2,1-3H3,(H,24,30)/t17-/m0/s1. The van der Waals surface area contributed by atoms with E-state index in [1.165, 1.54) is 6.33 Å². The van der Waals surface area contributed by atoms with Crippen molar-refractivity contribution in [2.45, 2.75) is 33.1 Å². The molecule has 0 saturated heterocycles. The molecule has 9 heteroatoms. The molecule has 1 aromatic carbocycles. The first kappa shape index (κ1) is 19.2. The number of carbonyl (C=O) groups is 1. The third kappa shape index (κ3) is 3.52. The summed E-state index contributed by atoms with van der Waals surface area (Å²) in [5.41, 5.74) is 3.51. The van der Waals surface area contributed by atoms with Gasteiger partial charge < -0.3 is 10.1 Å². The van der Waals surface area contributed by atoms with Crippen LogP contribution in [0.25, 0.3) is 11.5 Å². The highest BCUT2D eigenvalue weighted by atomic mass is 16.5. The highest BCUT2D eigenvalue weighted by Crippen LogP contribution is 2.40. The molecule has 0 unspecified atom stereocenters. The van der Waals surface area contributed by atoms with Gasteiger partial charge in [-0.15, -0.1) is 15.3 Å². The zero-order valence-corrected chi connectivity index (χ0v) is 17.6. The summed E-state index contributed by atoms with van der Waals surface area (Å²) in [6, 6.07) is 11.6. The molecule has 1 atom stereocenters. The predicted molar refractivity (Wildman–Crippen MR) is 115 cm³/mol. The van der Waals surface area contributed by atoms with Gasteiger partial charge in [0.25, 0.3) is 0 Å². The van der Waals surface area contributed by atoms with Crippen molar-refractivity contribution in [2.75, 3.05) is 11.9 Å². The van der Waals surface area contributed by atoms with E-state index in [9.17, 15) is 4.79 Å². The molecule has 31 heavy (non-hydrogen) atoms. The van der Waals surface area contributed by atoms with Crippen molar-refractivity contribution in [3.63, 3.8) is 0 Å². The molecule has 3 aromatic heterocycles. The molecule has 4 heterocycles. The first-order chi connectivity index (χ1) is 15.0. The number of benzene rings is 1. The Bertz CT molecular complexity index is 1270. The number of amides is 1. The molecule has 0 bridgehead atoms. The molecule has 0 spiro atoms. The number of aryl methyl sites for hydroxylation is 1. The van der Waals surface area contributed by atoms with Gasteiger partial charge >= 0.3 is 0 Å². The van der Waals surface area contributed by atoms with Crippen molar-refractivity contribution in [3.05, 3.63) is 59.5 Å². The number of hydrogen-bond acceptors (Lipinski definition) is 6. The fraction of sp³-hybridized carbons (Fsp3) is 0.318. The molecule has 0 fully saturated rings. The highest BCUT2D eigenvalue weighted by molar-refractivity contribution is 5.95. The van der Waals surface area contributed by atoms with Crippen LogP contribution in [0.15, 0.2) is 42.7 Å². The number of nitrogens with zero attached hydrogens (tertiary/aromatic N) is 6. The lowest BCUT2D eigenvalue weighted by Crippen LogP contribution is -2.25. The number of nitrogens with one attached hydrogen (secondary N) is 1. The van der Waals surface area contributed by atoms with Crippen LogP contribution in [-0.4, -0.2) is 42.1 Å². The molecule has 0 saturated carbocycles. The lowest BCUT2D eigenvalue weighted by molar-refractivity contribution is -0.116. The van der Waals surface area contributed by atoms with E-state index in [4.69, 9.17) is 9.84 Å². The van der Waals surface area contributed by atoms with E-state index >= 15 is 0 Å². The molecule has 4 aromatic rings. The van der Waals surface area contributed by atoms with Gasteiger partial charge in [0.05, 0.1) is 12.3 Å². The van der Waals surface area contributed by atoms with Crippen LogP contribution < -0.4 is 10.1 Å². The van der Waals surface area contributed by atoms with Crippen molar-refractivity contribution in [1.29, 1.82) is 0 Å². The Morgan fingerprint density at radius 1 is 1.23 bits per heavy atom. The van der Waals surface area contributed by atoms with E-state index in [1.54, 1.807) is 9.20 Å². The SMILES string of the molecule is Cc1nn(-c2ccc3nncn3n2)c2c1[C@H](c1cccc(OCC(C)C)c1)CC(=O)N2. The second kappa shape index (κ2) is 7.50. The molecule has 9 nitrogen and oxygen atoms in total. The summed E-state index contributed by atoms with van der Waals surface area (Å²) in [5, 5.41) is 20.1. The second-order valence-electron chi connectivity index (χ2n) is 8.17. The maximum absolute atomic E-state index is 12.6. The van der Waals surface area contributed by atoms with Gasteiger partial charge in [-0.05, 0) is 42.7 Å². The Balaban J connectivity index is 1.57. The molecule has 1 amide bonds. The number of anilines is 1. The number of carbonyl (C=O) groups excluding carboxylic acids is 1. The topological polar surface area (TPSA) is 99.2 Å². The van der Waals surface area contributed by atoms with Crippen molar-refractivity contribution in [1.82, 2.24) is 29.6 Å². The Hall–Kier alpha value is -3.75. The lowest BCUT2D eigenvalue weighted by atomic mass is 9.86. The number of rotatable bonds is 5. The van der Waals surface area contributed by atoms with E-state index in [0.717, 1.165) is 22.6 Å². The average molecular weight is 417 g/mol. The van der Waals surface area contributed by atoms with Crippen LogP contribution in [0.4, 0.5) is 5.82 Å². The molecule has 5 rings (SSSR count). The molecule has 1 N–H and O–H groups in total. The quantitative estimate of drug-likeness (QED) is 0.536. The zero-order valence-electron chi connectivity index (χ0n) is 17.6. The summed E-state index contributed by atoms with van der Waals surface area (Å²) in [6.45, 7) is 6.83. The average Bonchev–Trinajstić information content (AvgIpc) is 3.35. The summed E-state index contributed by atoms with van der Waals surface area (Å²) in [6.07, 6.45) is 1.89. The van der Waals surface area contributed by atoms with Crippen LogP contribution in [0.1, 0.15) is 43.0 Å². The Labute approximate surface area is 179 Å². The van der Waals surface area contributed by atoms with Gasteiger partial charge in [0.1, 0.15) is 17.9 Å². The molecule has 0 aliphatic carbocycles. The van der Waals surface area contributed by atoms with Gasteiger partial charge in [0.2, 0.25) is 5.91 Å². The fourth-order valence-electron chi connectivity index (χ4n) is 3.91. The van der Waals surface area contributed by atoms with Crippen LogP contribution in [-0.2, 0) is 4.79 Å². The summed E-state index contributed by atoms with van der Waals surface area (Å²) >= 11 is 0. The van der Waals surface area contributed by atoms with Gasteiger partial charge in [-0.2, -0.15) is 14.3 Å². The van der Waals surface area contributed by atoms with Gasteiger partial charge in [0.15, 0.2) is 11.5 Å². The minimum absolute atomic E-state index is 0.0578. The molecular formula is C22H23N7O2. The third-order valence-corrected chi connectivity index (χ3v) is 5.31. The molecule has 1 aliphatic heterocycles. The molecule has 158 valence electrons. The van der Waals surface area contributed by atoms with Gasteiger partial charge in [0, 0.05) is 17.9 Å². The fourth-order valence-corrected chi connectivity index (χ4v) is 3.91. The number of fused-ring (bicyclic) bond motifs is 2. The van der Waals surface area contributed by atoms with Crippen LogP contribution in [0.3, 0.4) is 0 Å². The van der Waals surface area contributed by atoms with Crippen molar-refractivity contribution < 1.29 is 9.53 Å².